The summed E-state index contributed by atoms with van der Waals surface area (Å²) in [6.45, 7) is 1.25. The van der Waals surface area contributed by atoms with Crippen molar-refractivity contribution in [1.82, 2.24) is 25.8 Å². The van der Waals surface area contributed by atoms with E-state index in [1.807, 2.05) is 0 Å². The molecule has 0 radical (unpaired) electrons. The highest BCUT2D eigenvalue weighted by Gasteiger charge is 2.35. The van der Waals surface area contributed by atoms with Crippen LogP contribution in [0, 0.1) is 0 Å². The van der Waals surface area contributed by atoms with Crippen molar-refractivity contribution >= 4 is 59.4 Å². The Labute approximate surface area is 380 Å². The van der Waals surface area contributed by atoms with Gasteiger partial charge >= 0.3 is 18.1 Å². The number of rotatable bonds is 22. The fourth-order valence-corrected chi connectivity index (χ4v) is 7.23. The molecule has 5 rings (SSSR count). The Bertz CT molecular complexity index is 2210. The highest BCUT2D eigenvalue weighted by molar-refractivity contribution is 6.31. The van der Waals surface area contributed by atoms with E-state index in [1.165, 1.54) is 29.0 Å². The molecule has 2 heterocycles. The molecule has 0 aliphatic carbocycles. The maximum absolute atomic E-state index is 13.0. The molecule has 3 aromatic rings. The van der Waals surface area contributed by atoms with Crippen molar-refractivity contribution in [2.24, 2.45) is 5.73 Å². The first-order chi connectivity index (χ1) is 31.2. The minimum absolute atomic E-state index is 0.00493. The number of fused-ring (bicyclic) bond motifs is 1. The number of anilines is 1. The second-order valence-electron chi connectivity index (χ2n) is 15.3. The van der Waals surface area contributed by atoms with E-state index in [9.17, 15) is 43.8 Å². The smallest absolute Gasteiger partial charge is 0.409 e. The Morgan fingerprint density at radius 3 is 2.55 bits per heavy atom. The third-order valence-corrected chi connectivity index (χ3v) is 10.9. The van der Waals surface area contributed by atoms with Gasteiger partial charge in [-0.15, -0.1) is 0 Å². The molecular weight excluding hydrogens is 870 g/mol. The van der Waals surface area contributed by atoms with E-state index < -0.39 is 48.5 Å². The van der Waals surface area contributed by atoms with Crippen LogP contribution in [0.15, 0.2) is 54.6 Å². The number of hydrogen-bond acceptors (Lipinski definition) is 13. The summed E-state index contributed by atoms with van der Waals surface area (Å²) in [4.78, 5) is 89.1. The molecule has 65 heavy (non-hydrogen) atoms. The van der Waals surface area contributed by atoms with E-state index in [0.717, 1.165) is 16.7 Å². The summed E-state index contributed by atoms with van der Waals surface area (Å²) in [5.74, 6) is -2.20. The molecule has 1 saturated heterocycles. The Hall–Kier alpha value is -6.32. The van der Waals surface area contributed by atoms with Crippen LogP contribution in [0.1, 0.15) is 68.7 Å². The predicted molar refractivity (Wildman–Crippen MR) is 234 cm³/mol. The first kappa shape index (κ1) is 49.7. The van der Waals surface area contributed by atoms with Gasteiger partial charge in [0.1, 0.15) is 18.6 Å². The maximum Gasteiger partial charge on any atom is 0.409 e. The van der Waals surface area contributed by atoms with E-state index in [-0.39, 0.29) is 101 Å². The highest BCUT2D eigenvalue weighted by atomic mass is 35.5. The quantitative estimate of drug-likeness (QED) is 0.0564. The summed E-state index contributed by atoms with van der Waals surface area (Å²) in [5.41, 5.74) is 9.26. The third kappa shape index (κ3) is 14.3. The van der Waals surface area contributed by atoms with Crippen LogP contribution < -0.4 is 31.7 Å². The number of hydrogen-bond donors (Lipinski definition) is 7. The molecule has 4 unspecified atom stereocenters. The van der Waals surface area contributed by atoms with Crippen LogP contribution in [0.5, 0.6) is 5.75 Å². The number of carboxylic acid groups (broad SMARTS) is 1. The fraction of sp³-hybridized carbons (Fsp3) is 0.432. The monoisotopic (exact) mass is 923 g/mol. The lowest BCUT2D eigenvalue weighted by Crippen LogP contribution is -2.42. The van der Waals surface area contributed by atoms with Crippen molar-refractivity contribution in [3.8, 4) is 5.75 Å². The minimum Gasteiger partial charge on any atom is -0.479 e. The molecule has 3 aromatic carbocycles. The predicted octanol–water partition coefficient (Wildman–Crippen LogP) is 2.56. The lowest BCUT2D eigenvalue weighted by Gasteiger charge is -2.31. The Morgan fingerprint density at radius 1 is 1.05 bits per heavy atom. The summed E-state index contributed by atoms with van der Waals surface area (Å²) in [6.07, 6.45) is -2.65. The average molecular weight is 924 g/mol. The van der Waals surface area contributed by atoms with Gasteiger partial charge in [-0.3, -0.25) is 14.4 Å². The molecule has 0 bridgehead atoms. The molecule has 350 valence electrons. The van der Waals surface area contributed by atoms with Crippen molar-refractivity contribution < 1.29 is 62.7 Å². The van der Waals surface area contributed by atoms with Crippen molar-refractivity contribution in [2.75, 3.05) is 52.3 Å². The lowest BCUT2D eigenvalue weighted by molar-refractivity contribution is -0.195. The van der Waals surface area contributed by atoms with E-state index >= 15 is 0 Å². The number of aldehydes is 1. The summed E-state index contributed by atoms with van der Waals surface area (Å²) >= 11 is 6.51. The number of carbonyl (C=O) groups excluding carboxylic acids is 6. The number of urea groups is 1. The van der Waals surface area contributed by atoms with Crippen molar-refractivity contribution in [1.29, 1.82) is 0 Å². The molecule has 8 N–H and O–H groups in total. The molecule has 1 fully saturated rings. The number of carboxylic acids is 1. The first-order valence-electron chi connectivity index (χ1n) is 20.9. The molecule has 21 heteroatoms. The number of ether oxygens (including phenoxy) is 4. The minimum atomic E-state index is -1.27. The Balaban J connectivity index is 1.02. The molecule has 6 amide bonds. The number of nitrogens with zero attached hydrogens (tertiary/aromatic N) is 2. The van der Waals surface area contributed by atoms with Gasteiger partial charge in [-0.25, -0.2) is 14.4 Å². The third-order valence-electron chi connectivity index (χ3n) is 10.5. The highest BCUT2D eigenvalue weighted by Crippen LogP contribution is 2.29. The fourth-order valence-electron chi connectivity index (χ4n) is 6.96. The van der Waals surface area contributed by atoms with Crippen molar-refractivity contribution in [3.63, 3.8) is 0 Å². The largest absolute Gasteiger partial charge is 0.479 e. The molecule has 2 aliphatic rings. The van der Waals surface area contributed by atoms with E-state index in [4.69, 9.17) is 36.3 Å². The molecule has 2 aliphatic heterocycles. The van der Waals surface area contributed by atoms with E-state index in [2.05, 4.69) is 21.3 Å². The topological polar surface area (TPSA) is 277 Å². The van der Waals surface area contributed by atoms with E-state index in [1.54, 1.807) is 49.5 Å². The second kappa shape index (κ2) is 24.1. The zero-order valence-corrected chi connectivity index (χ0v) is 36.8. The van der Waals surface area contributed by atoms with Crippen molar-refractivity contribution in [2.45, 2.75) is 76.3 Å². The number of nitrogens with one attached hydrogen (secondary N) is 4. The van der Waals surface area contributed by atoms with Crippen LogP contribution in [0.4, 0.5) is 15.3 Å². The lowest BCUT2D eigenvalue weighted by atomic mass is 10.0. The number of nitrogens with two attached hydrogens (primary N) is 1. The molecule has 0 saturated carbocycles. The van der Waals surface area contributed by atoms with Gasteiger partial charge in [0.25, 0.3) is 11.8 Å². The molecule has 0 aromatic heterocycles. The number of aliphatic carboxylic acids is 1. The number of carbonyl (C=O) groups is 7. The molecule has 0 spiro atoms. The van der Waals surface area contributed by atoms with Crippen LogP contribution in [0.25, 0.3) is 0 Å². The number of amides is 6. The van der Waals surface area contributed by atoms with Crippen LogP contribution in [-0.2, 0) is 54.7 Å². The summed E-state index contributed by atoms with van der Waals surface area (Å²) in [5, 5.41) is 30.6. The van der Waals surface area contributed by atoms with Gasteiger partial charge in [0, 0.05) is 82.4 Å². The van der Waals surface area contributed by atoms with Crippen LogP contribution in [0.3, 0.4) is 0 Å². The summed E-state index contributed by atoms with van der Waals surface area (Å²) in [7, 11) is 3.05. The molecular formula is C44H54ClN7O13. The molecule has 20 nitrogen and oxygen atoms in total. The van der Waals surface area contributed by atoms with Gasteiger partial charge in [-0.2, -0.15) is 0 Å². The van der Waals surface area contributed by atoms with Crippen LogP contribution in [-0.4, -0.2) is 134 Å². The van der Waals surface area contributed by atoms with E-state index in [0.29, 0.717) is 34.5 Å². The van der Waals surface area contributed by atoms with Gasteiger partial charge in [0.2, 0.25) is 12.2 Å². The van der Waals surface area contributed by atoms with Crippen LogP contribution >= 0.6 is 11.6 Å². The Morgan fingerprint density at radius 2 is 1.83 bits per heavy atom. The number of aliphatic hydroxyl groups is 1. The number of likely N-dealkylation sites (N-methyl/N-ethyl adjacent to an activating group) is 1. The summed E-state index contributed by atoms with van der Waals surface area (Å²) in [6, 6.07) is 13.6. The van der Waals surface area contributed by atoms with Crippen LogP contribution in [0.2, 0.25) is 5.02 Å². The van der Waals surface area contributed by atoms with Gasteiger partial charge in [0.15, 0.2) is 6.10 Å². The number of benzene rings is 3. The van der Waals surface area contributed by atoms with Crippen molar-refractivity contribution in [3.05, 3.63) is 93.0 Å². The van der Waals surface area contributed by atoms with Gasteiger partial charge in [0.05, 0.1) is 30.9 Å². The number of halogens is 1. The zero-order chi connectivity index (χ0) is 47.0. The normalized spacial score (nSPS) is 17.0. The second-order valence-corrected chi connectivity index (χ2v) is 15.7. The van der Waals surface area contributed by atoms with Gasteiger partial charge < -0.3 is 70.8 Å². The van der Waals surface area contributed by atoms with Gasteiger partial charge in [-0.05, 0) is 65.4 Å². The zero-order valence-electron chi connectivity index (χ0n) is 36.0. The standard InChI is InChI=1S/C44H54ClN7O13/c1-47-38(55)10-7-31(24-53)52-23-29-17-26(3-8-33(29)41(52)57)22-49-43(60)50-30-6-5-28(35(45)19-30)11-15-62-16-14-51(2)44(61)63-25-27-4-9-36(34(18-27)40(56)48-13-12-46)64-39-21-32(54)20-37(65-39)42(58)59/h3-6,8-9,17-19,24,31-32,37,39,54H,7,10-16,20-23,25,46H2,1-2H3,(H,47,55)(H,48,56)(H,58,59)(H2,49,50,60). The van der Waals surface area contributed by atoms with Gasteiger partial charge in [-0.1, -0.05) is 35.9 Å². The summed E-state index contributed by atoms with van der Waals surface area (Å²) < 4.78 is 22.5. The molecule has 4 atom stereocenters. The first-order valence-corrected chi connectivity index (χ1v) is 21.3. The number of aliphatic hydroxyl groups excluding tert-OH is 1. The Kier molecular flexibility index (Phi) is 18.4. The SMILES string of the molecule is CNC(=O)CCC(C=O)N1Cc2cc(CNC(=O)Nc3ccc(CCOCCN(C)C(=O)OCc4ccc(OC5CC(O)CC(C(=O)O)O5)c(C(=O)NCCN)c4)c(Cl)c3)ccc2C1=O. The average Bonchev–Trinajstić information content (AvgIpc) is 3.61. The maximum atomic E-state index is 13.0.